The van der Waals surface area contributed by atoms with E-state index in [0.29, 0.717) is 57.9 Å². The van der Waals surface area contributed by atoms with Gasteiger partial charge in [0.1, 0.15) is 42.5 Å². The van der Waals surface area contributed by atoms with Gasteiger partial charge in [-0.25, -0.2) is 0 Å². The number of amides is 7. The Kier molecular flexibility index (Phi) is 26.0. The highest BCUT2D eigenvalue weighted by molar-refractivity contribution is 5.97. The van der Waals surface area contributed by atoms with Gasteiger partial charge in [0, 0.05) is 6.92 Å². The topological polar surface area (TPSA) is 295 Å². The van der Waals surface area contributed by atoms with E-state index in [-0.39, 0.29) is 31.1 Å². The van der Waals surface area contributed by atoms with E-state index in [4.69, 9.17) is 5.73 Å². The molecule has 0 bridgehead atoms. The summed E-state index contributed by atoms with van der Waals surface area (Å²) in [5.41, 5.74) is 10.3. The van der Waals surface area contributed by atoms with Crippen molar-refractivity contribution in [2.45, 2.75) is 149 Å². The first kappa shape index (κ1) is 54.1. The Labute approximate surface area is 361 Å². The summed E-state index contributed by atoms with van der Waals surface area (Å²) in [6, 6.07) is 1.37. The van der Waals surface area contributed by atoms with Crippen LogP contribution in [-0.4, -0.2) is 115 Å². The van der Waals surface area contributed by atoms with Crippen LogP contribution in [0.3, 0.4) is 0 Å². The van der Waals surface area contributed by atoms with Crippen LogP contribution in [-0.2, 0) is 44.8 Å². The second kappa shape index (κ2) is 29.3. The van der Waals surface area contributed by atoms with Crippen LogP contribution in [0.15, 0.2) is 30.3 Å². The Bertz CT molecular complexity index is 1550. The standard InChI is InChI=1S/C43H73N9O9/c1-8-28(6)37(43(61)47-31(24-53)23-30-16-10-9-11-17-30)52-39(57)33(19-13-15-21-45)48-41(59)35(25-54)50-40(58)34(22-26(2)3)49-42(60)36(27(4)5)51-38(56)32(46-29(7)55)18-12-14-20-44/h9-11,16-17,24,26-28,31-37,54H,8,12-15,18-23,25,44-45H2,1-7H3,(H,46,55)(H,47,61)(H,48,59)(H,49,60)(H,50,58)(H,51,56)(H,52,57)/p+1/t28-,31-,32-,33-,34-,35-,36-,37-/m0/s1. The summed E-state index contributed by atoms with van der Waals surface area (Å²) < 4.78 is 0. The number of aliphatic hydroxyl groups excluding tert-OH is 1. The molecule has 0 aliphatic rings. The molecule has 0 spiro atoms. The number of nitrogens with one attached hydrogen (secondary N) is 7. The number of carbonyl (C=O) groups is 8. The minimum Gasteiger partial charge on any atom is -0.394 e. The molecule has 0 fully saturated rings. The molecule has 18 heteroatoms. The molecule has 8 atom stereocenters. The van der Waals surface area contributed by atoms with E-state index in [1.165, 1.54) is 6.92 Å². The molecular formula is C43H74N9O9+. The van der Waals surface area contributed by atoms with Crippen LogP contribution in [0.5, 0.6) is 0 Å². The van der Waals surface area contributed by atoms with E-state index in [9.17, 15) is 43.5 Å². The van der Waals surface area contributed by atoms with Crippen LogP contribution >= 0.6 is 0 Å². The van der Waals surface area contributed by atoms with Gasteiger partial charge in [-0.2, -0.15) is 0 Å². The van der Waals surface area contributed by atoms with Crippen molar-refractivity contribution < 1.29 is 49.2 Å². The maximum Gasteiger partial charge on any atom is 0.245 e. The first-order chi connectivity index (χ1) is 28.9. The van der Waals surface area contributed by atoms with Crippen LogP contribution in [0, 0.1) is 17.8 Å². The van der Waals surface area contributed by atoms with Gasteiger partial charge < -0.3 is 58.6 Å². The Morgan fingerprint density at radius 2 is 1.18 bits per heavy atom. The molecule has 1 aromatic rings. The van der Waals surface area contributed by atoms with Gasteiger partial charge in [0.05, 0.1) is 19.2 Å². The lowest BCUT2D eigenvalue weighted by Gasteiger charge is -2.29. The molecule has 344 valence electrons. The number of hydrogen-bond donors (Lipinski definition) is 10. The van der Waals surface area contributed by atoms with E-state index in [0.717, 1.165) is 5.56 Å². The SMILES string of the molecule is CC[C@H](C)[C@H](NC(=O)[C@H](CCCC[NH3+])NC(=O)[C@H](CO)NC(=O)[C@H](CC(C)C)NC(=O)[C@@H](NC(=O)[C@H](CCCCN)NC(C)=O)C(C)C)C(=O)N[C@H](C=O)Cc1ccccc1. The average molecular weight is 861 g/mol. The lowest BCUT2D eigenvalue weighted by molar-refractivity contribution is -0.368. The Balaban J connectivity index is 3.22. The van der Waals surface area contributed by atoms with Gasteiger partial charge in [-0.1, -0.05) is 78.3 Å². The molecule has 13 N–H and O–H groups in total. The van der Waals surface area contributed by atoms with Gasteiger partial charge in [0.25, 0.3) is 0 Å². The number of quaternary nitrogens is 1. The first-order valence-electron chi connectivity index (χ1n) is 21.6. The third-order valence-corrected chi connectivity index (χ3v) is 10.3. The summed E-state index contributed by atoms with van der Waals surface area (Å²) in [6.07, 6.45) is 4.31. The fourth-order valence-corrected chi connectivity index (χ4v) is 6.52. The second-order valence-electron chi connectivity index (χ2n) is 16.4. The predicted octanol–water partition coefficient (Wildman–Crippen LogP) is -0.877. The third kappa shape index (κ3) is 20.5. The first-order valence-corrected chi connectivity index (χ1v) is 21.6. The lowest BCUT2D eigenvalue weighted by atomic mass is 9.96. The van der Waals surface area contributed by atoms with Crippen LogP contribution in [0.25, 0.3) is 0 Å². The highest BCUT2D eigenvalue weighted by Crippen LogP contribution is 2.13. The largest absolute Gasteiger partial charge is 0.394 e. The number of hydrogen-bond acceptors (Lipinski definition) is 10. The lowest BCUT2D eigenvalue weighted by Crippen LogP contribution is -2.61. The fraction of sp³-hybridized carbons (Fsp3) is 0.674. The molecule has 0 heterocycles. The van der Waals surface area contributed by atoms with Crippen molar-refractivity contribution in [1.29, 1.82) is 0 Å². The Morgan fingerprint density at radius 1 is 0.672 bits per heavy atom. The Morgan fingerprint density at radius 3 is 1.69 bits per heavy atom. The second-order valence-corrected chi connectivity index (χ2v) is 16.4. The number of unbranched alkanes of at least 4 members (excludes halogenated alkanes) is 2. The van der Waals surface area contributed by atoms with Crippen molar-refractivity contribution >= 4 is 47.6 Å². The number of benzene rings is 1. The van der Waals surface area contributed by atoms with Gasteiger partial charge in [-0.3, -0.25) is 33.6 Å². The minimum absolute atomic E-state index is 0.117. The van der Waals surface area contributed by atoms with Crippen molar-refractivity contribution in [3.05, 3.63) is 35.9 Å². The Hall–Kier alpha value is -4.94. The summed E-state index contributed by atoms with van der Waals surface area (Å²) in [7, 11) is 0. The summed E-state index contributed by atoms with van der Waals surface area (Å²) in [6.45, 7) is 12.1. The van der Waals surface area contributed by atoms with Crippen LogP contribution in [0.2, 0.25) is 0 Å². The molecule has 7 amide bonds. The zero-order valence-corrected chi connectivity index (χ0v) is 37.2. The van der Waals surface area contributed by atoms with Crippen LogP contribution < -0.4 is 48.7 Å². The van der Waals surface area contributed by atoms with Crippen molar-refractivity contribution in [3.8, 4) is 0 Å². The molecule has 0 aliphatic carbocycles. The maximum atomic E-state index is 13.8. The quantitative estimate of drug-likeness (QED) is 0.0337. The van der Waals surface area contributed by atoms with Crippen molar-refractivity contribution in [3.63, 3.8) is 0 Å². The molecule has 0 aliphatic heterocycles. The van der Waals surface area contributed by atoms with E-state index in [1.54, 1.807) is 20.8 Å². The number of aldehydes is 1. The monoisotopic (exact) mass is 861 g/mol. The molecule has 0 saturated heterocycles. The van der Waals surface area contributed by atoms with E-state index in [1.807, 2.05) is 51.1 Å². The highest BCUT2D eigenvalue weighted by atomic mass is 16.3. The third-order valence-electron chi connectivity index (χ3n) is 10.3. The van der Waals surface area contributed by atoms with Gasteiger partial charge in [0.2, 0.25) is 41.4 Å². The molecular weight excluding hydrogens is 787 g/mol. The number of nitrogens with two attached hydrogens (primary N) is 1. The van der Waals surface area contributed by atoms with E-state index >= 15 is 0 Å². The smallest absolute Gasteiger partial charge is 0.245 e. The molecule has 1 aromatic carbocycles. The normalized spacial score (nSPS) is 15.1. The zero-order valence-electron chi connectivity index (χ0n) is 37.2. The molecule has 0 saturated carbocycles. The van der Waals surface area contributed by atoms with E-state index < -0.39 is 96.2 Å². The summed E-state index contributed by atoms with van der Waals surface area (Å²) in [4.78, 5) is 106. The molecule has 0 radical (unpaired) electrons. The predicted molar refractivity (Wildman–Crippen MR) is 231 cm³/mol. The fourth-order valence-electron chi connectivity index (χ4n) is 6.52. The highest BCUT2D eigenvalue weighted by Gasteiger charge is 2.35. The van der Waals surface area contributed by atoms with Crippen LogP contribution in [0.4, 0.5) is 0 Å². The van der Waals surface area contributed by atoms with Gasteiger partial charge in [-0.05, 0) is 81.2 Å². The van der Waals surface area contributed by atoms with Gasteiger partial charge >= 0.3 is 0 Å². The number of carbonyl (C=O) groups excluding carboxylic acids is 8. The van der Waals surface area contributed by atoms with Crippen LogP contribution in [0.1, 0.15) is 105 Å². The summed E-state index contributed by atoms with van der Waals surface area (Å²) >= 11 is 0. The van der Waals surface area contributed by atoms with Gasteiger partial charge in [-0.15, -0.1) is 0 Å². The van der Waals surface area contributed by atoms with Crippen molar-refractivity contribution in [2.24, 2.45) is 23.5 Å². The number of rotatable bonds is 30. The van der Waals surface area contributed by atoms with Crippen molar-refractivity contribution in [1.82, 2.24) is 37.2 Å². The molecule has 0 aromatic heterocycles. The molecule has 1 rings (SSSR count). The minimum atomic E-state index is -1.53. The molecule has 18 nitrogen and oxygen atoms in total. The number of aliphatic hydroxyl groups is 1. The summed E-state index contributed by atoms with van der Waals surface area (Å²) in [5, 5.41) is 28.9. The maximum absolute atomic E-state index is 13.8. The van der Waals surface area contributed by atoms with Crippen molar-refractivity contribution in [2.75, 3.05) is 19.7 Å². The molecule has 61 heavy (non-hydrogen) atoms. The zero-order chi connectivity index (χ0) is 46.1. The average Bonchev–Trinajstić information content (AvgIpc) is 3.21. The van der Waals surface area contributed by atoms with Gasteiger partial charge in [0.15, 0.2) is 0 Å². The molecule has 0 unspecified atom stereocenters. The van der Waals surface area contributed by atoms with E-state index in [2.05, 4.69) is 43.0 Å². The summed E-state index contributed by atoms with van der Waals surface area (Å²) in [5.74, 6) is -5.44.